The largest absolute Gasteiger partial charge is 0.481 e. The zero-order chi connectivity index (χ0) is 10.2. The number of aliphatic carboxylic acids is 1. The van der Waals surface area contributed by atoms with Crippen LogP contribution in [0.1, 0.15) is 5.76 Å². The molecule has 1 fully saturated rings. The summed E-state index contributed by atoms with van der Waals surface area (Å²) in [6.45, 7) is 1.03. The number of rotatable bonds is 3. The molecule has 1 aliphatic heterocycles. The minimum atomic E-state index is -0.760. The van der Waals surface area contributed by atoms with Gasteiger partial charge in [-0.15, -0.1) is 0 Å². The number of carbonyl (C=O) groups is 1. The lowest BCUT2D eigenvalue weighted by atomic mass is 9.78. The van der Waals surface area contributed by atoms with Gasteiger partial charge in [0.2, 0.25) is 0 Å². The van der Waals surface area contributed by atoms with Crippen LogP contribution in [0.4, 0.5) is 0 Å². The highest BCUT2D eigenvalue weighted by Crippen LogP contribution is 2.29. The van der Waals surface area contributed by atoms with Gasteiger partial charge in [0.05, 0.1) is 5.41 Å². The lowest BCUT2D eigenvalue weighted by Gasteiger charge is -2.37. The quantitative estimate of drug-likeness (QED) is 0.858. The summed E-state index contributed by atoms with van der Waals surface area (Å²) >= 11 is 3.19. The van der Waals surface area contributed by atoms with E-state index >= 15 is 0 Å². The molecule has 2 heterocycles. The Hall–Kier alpha value is -0.810. The van der Waals surface area contributed by atoms with Crippen LogP contribution in [0.15, 0.2) is 21.2 Å². The zero-order valence-electron chi connectivity index (χ0n) is 7.42. The maximum atomic E-state index is 11.0. The van der Waals surface area contributed by atoms with E-state index in [1.807, 2.05) is 0 Å². The Kier molecular flexibility index (Phi) is 2.36. The van der Waals surface area contributed by atoms with Gasteiger partial charge in [-0.3, -0.25) is 4.79 Å². The first-order chi connectivity index (χ1) is 6.62. The molecule has 0 saturated carbocycles. The molecule has 0 radical (unpaired) electrons. The van der Waals surface area contributed by atoms with Crippen LogP contribution in [0.25, 0.3) is 0 Å². The number of nitrogens with one attached hydrogen (secondary N) is 1. The minimum Gasteiger partial charge on any atom is -0.481 e. The van der Waals surface area contributed by atoms with E-state index in [1.54, 1.807) is 12.1 Å². The molecule has 76 valence electrons. The summed E-state index contributed by atoms with van der Waals surface area (Å²) in [6, 6.07) is 3.57. The van der Waals surface area contributed by atoms with Crippen molar-refractivity contribution in [2.24, 2.45) is 5.41 Å². The number of carboxylic acids is 1. The normalized spacial score (nSPS) is 18.9. The second kappa shape index (κ2) is 3.40. The maximum Gasteiger partial charge on any atom is 0.312 e. The van der Waals surface area contributed by atoms with Gasteiger partial charge in [0.25, 0.3) is 0 Å². The average Bonchev–Trinajstić information content (AvgIpc) is 2.43. The Morgan fingerprint density at radius 1 is 1.64 bits per heavy atom. The second-order valence-corrected chi connectivity index (χ2v) is 4.35. The summed E-state index contributed by atoms with van der Waals surface area (Å²) < 4.78 is 5.93. The van der Waals surface area contributed by atoms with Gasteiger partial charge < -0.3 is 14.8 Å². The van der Waals surface area contributed by atoms with Gasteiger partial charge >= 0.3 is 5.97 Å². The first-order valence-electron chi connectivity index (χ1n) is 4.31. The van der Waals surface area contributed by atoms with Crippen molar-refractivity contribution in [2.45, 2.75) is 6.42 Å². The van der Waals surface area contributed by atoms with Crippen molar-refractivity contribution in [3.63, 3.8) is 0 Å². The SMILES string of the molecule is O=C(O)C1(Cc2ccc(Br)o2)CNC1. The predicted octanol–water partition coefficient (Wildman–Crippen LogP) is 1.26. The zero-order valence-corrected chi connectivity index (χ0v) is 9.00. The third-order valence-electron chi connectivity index (χ3n) is 2.52. The number of hydrogen-bond acceptors (Lipinski definition) is 3. The van der Waals surface area contributed by atoms with Crippen LogP contribution in [-0.4, -0.2) is 24.2 Å². The van der Waals surface area contributed by atoms with Crippen molar-refractivity contribution in [3.05, 3.63) is 22.6 Å². The number of hydrogen-bond donors (Lipinski definition) is 2. The Labute approximate surface area is 89.4 Å². The van der Waals surface area contributed by atoms with Crippen LogP contribution >= 0.6 is 15.9 Å². The molecule has 1 saturated heterocycles. The van der Waals surface area contributed by atoms with E-state index in [2.05, 4.69) is 21.2 Å². The molecule has 2 rings (SSSR count). The third-order valence-corrected chi connectivity index (χ3v) is 2.95. The number of furan rings is 1. The highest BCUT2D eigenvalue weighted by Gasteiger charge is 2.45. The molecule has 5 heteroatoms. The summed E-state index contributed by atoms with van der Waals surface area (Å²) in [4.78, 5) is 11.0. The van der Waals surface area contributed by atoms with E-state index in [0.29, 0.717) is 29.9 Å². The summed E-state index contributed by atoms with van der Waals surface area (Å²) in [6.07, 6.45) is 0.445. The fourth-order valence-electron chi connectivity index (χ4n) is 1.56. The summed E-state index contributed by atoms with van der Waals surface area (Å²) in [7, 11) is 0. The monoisotopic (exact) mass is 259 g/mol. The van der Waals surface area contributed by atoms with Crippen LogP contribution in [0, 0.1) is 5.41 Å². The Morgan fingerprint density at radius 3 is 2.71 bits per heavy atom. The van der Waals surface area contributed by atoms with E-state index in [0.717, 1.165) is 0 Å². The molecule has 0 amide bonds. The van der Waals surface area contributed by atoms with Crippen LogP contribution in [0.3, 0.4) is 0 Å². The smallest absolute Gasteiger partial charge is 0.312 e. The lowest BCUT2D eigenvalue weighted by molar-refractivity contribution is -0.152. The van der Waals surface area contributed by atoms with Crippen LogP contribution in [-0.2, 0) is 11.2 Å². The van der Waals surface area contributed by atoms with Crippen LogP contribution < -0.4 is 5.32 Å². The second-order valence-electron chi connectivity index (χ2n) is 3.57. The van der Waals surface area contributed by atoms with Gasteiger partial charge in [-0.05, 0) is 28.1 Å². The highest BCUT2D eigenvalue weighted by atomic mass is 79.9. The van der Waals surface area contributed by atoms with Crippen molar-refractivity contribution in [1.82, 2.24) is 5.32 Å². The van der Waals surface area contributed by atoms with E-state index in [9.17, 15) is 4.79 Å². The predicted molar refractivity (Wildman–Crippen MR) is 53.1 cm³/mol. The fraction of sp³-hybridized carbons (Fsp3) is 0.444. The van der Waals surface area contributed by atoms with Crippen LogP contribution in [0.5, 0.6) is 0 Å². The third kappa shape index (κ3) is 1.57. The Balaban J connectivity index is 2.12. The molecular weight excluding hydrogens is 250 g/mol. The van der Waals surface area contributed by atoms with Crippen LogP contribution in [0.2, 0.25) is 0 Å². The molecule has 14 heavy (non-hydrogen) atoms. The molecule has 0 bridgehead atoms. The van der Waals surface area contributed by atoms with Gasteiger partial charge in [-0.25, -0.2) is 0 Å². The molecule has 4 nitrogen and oxygen atoms in total. The molecule has 1 aromatic rings. The van der Waals surface area contributed by atoms with Crippen molar-refractivity contribution < 1.29 is 14.3 Å². The molecule has 0 spiro atoms. The van der Waals surface area contributed by atoms with E-state index in [4.69, 9.17) is 9.52 Å². The van der Waals surface area contributed by atoms with Crippen molar-refractivity contribution >= 4 is 21.9 Å². The minimum absolute atomic E-state index is 0.445. The van der Waals surface area contributed by atoms with E-state index in [-0.39, 0.29) is 0 Å². The summed E-state index contributed by atoms with van der Waals surface area (Å²) in [5.41, 5.74) is -0.669. The molecule has 1 aliphatic rings. The molecule has 0 unspecified atom stereocenters. The molecular formula is C9H10BrNO3. The molecule has 0 aliphatic carbocycles. The van der Waals surface area contributed by atoms with Gasteiger partial charge in [0.15, 0.2) is 4.67 Å². The number of halogens is 1. The summed E-state index contributed by atoms with van der Waals surface area (Å²) in [5, 5.41) is 12.0. The van der Waals surface area contributed by atoms with Gasteiger partial charge in [0.1, 0.15) is 5.76 Å². The molecule has 0 atom stereocenters. The van der Waals surface area contributed by atoms with Gasteiger partial charge in [-0.1, -0.05) is 0 Å². The van der Waals surface area contributed by atoms with Gasteiger partial charge in [0, 0.05) is 19.5 Å². The van der Waals surface area contributed by atoms with Gasteiger partial charge in [-0.2, -0.15) is 0 Å². The van der Waals surface area contributed by atoms with Crippen molar-refractivity contribution in [3.8, 4) is 0 Å². The topological polar surface area (TPSA) is 62.5 Å². The van der Waals surface area contributed by atoms with E-state index in [1.165, 1.54) is 0 Å². The Bertz CT molecular complexity index is 357. The molecule has 2 N–H and O–H groups in total. The standard InChI is InChI=1S/C9H10BrNO3/c10-7-2-1-6(14-7)3-9(8(12)13)4-11-5-9/h1-2,11H,3-5H2,(H,12,13). The highest BCUT2D eigenvalue weighted by molar-refractivity contribution is 9.10. The van der Waals surface area contributed by atoms with Crippen molar-refractivity contribution in [1.29, 1.82) is 0 Å². The lowest BCUT2D eigenvalue weighted by Crippen LogP contribution is -2.59. The summed E-state index contributed by atoms with van der Waals surface area (Å²) in [5.74, 6) is -0.0513. The maximum absolute atomic E-state index is 11.0. The Morgan fingerprint density at radius 2 is 2.36 bits per heavy atom. The number of carboxylic acid groups (broad SMARTS) is 1. The molecule has 1 aromatic heterocycles. The first-order valence-corrected chi connectivity index (χ1v) is 5.10. The first kappa shape index (κ1) is 9.73. The van der Waals surface area contributed by atoms with E-state index < -0.39 is 11.4 Å². The molecule has 0 aromatic carbocycles. The average molecular weight is 260 g/mol. The fourth-order valence-corrected chi connectivity index (χ4v) is 1.90. The van der Waals surface area contributed by atoms with Crippen molar-refractivity contribution in [2.75, 3.05) is 13.1 Å².